The molecule has 1 aliphatic heterocycles. The number of thioether (sulfide) groups is 1. The third-order valence-corrected chi connectivity index (χ3v) is 4.02. The van der Waals surface area contributed by atoms with Gasteiger partial charge < -0.3 is 10.4 Å². The summed E-state index contributed by atoms with van der Waals surface area (Å²) in [6.45, 7) is 0.0942. The van der Waals surface area contributed by atoms with Crippen LogP contribution in [0.3, 0.4) is 0 Å². The predicted octanol–water partition coefficient (Wildman–Crippen LogP) is 1.56. The van der Waals surface area contributed by atoms with Crippen molar-refractivity contribution in [2.45, 2.75) is 12.0 Å². The van der Waals surface area contributed by atoms with E-state index in [0.717, 1.165) is 17.9 Å². The zero-order valence-corrected chi connectivity index (χ0v) is 10.4. The molecule has 3 nitrogen and oxygen atoms in total. The Bertz CT molecular complexity index is 441. The van der Waals surface area contributed by atoms with E-state index in [1.807, 2.05) is 0 Å². The first kappa shape index (κ1) is 13.3. The summed E-state index contributed by atoms with van der Waals surface area (Å²) in [6, 6.07) is 2.63. The van der Waals surface area contributed by atoms with Crippen LogP contribution in [0.2, 0.25) is 0 Å². The number of carbonyl (C=O) groups is 1. The van der Waals surface area contributed by atoms with Crippen LogP contribution in [0.5, 0.6) is 0 Å². The molecule has 0 radical (unpaired) electrons. The summed E-state index contributed by atoms with van der Waals surface area (Å²) in [6.07, 6.45) is 0.607. The summed E-state index contributed by atoms with van der Waals surface area (Å²) >= 11 is 1.61. The molecule has 18 heavy (non-hydrogen) atoms. The Hall–Kier alpha value is -1.14. The second kappa shape index (κ2) is 5.24. The van der Waals surface area contributed by atoms with Crippen LogP contribution in [0.15, 0.2) is 18.2 Å². The average molecular weight is 273 g/mol. The maximum absolute atomic E-state index is 12.9. The molecule has 2 rings (SSSR count). The normalized spacial score (nSPS) is 23.1. The van der Waals surface area contributed by atoms with E-state index >= 15 is 0 Å². The number of hydrogen-bond donors (Lipinski definition) is 2. The quantitative estimate of drug-likeness (QED) is 0.878. The minimum atomic E-state index is -0.911. The first-order chi connectivity index (χ1) is 8.48. The monoisotopic (exact) mass is 273 g/mol. The van der Waals surface area contributed by atoms with E-state index in [0.29, 0.717) is 18.2 Å². The van der Waals surface area contributed by atoms with Gasteiger partial charge in [-0.1, -0.05) is 0 Å². The molecule has 2 N–H and O–H groups in total. The Labute approximate surface area is 108 Å². The number of carbonyl (C=O) groups excluding carboxylic acids is 1. The largest absolute Gasteiger partial charge is 0.387 e. The van der Waals surface area contributed by atoms with Crippen molar-refractivity contribution in [2.24, 2.45) is 0 Å². The molecule has 1 aliphatic rings. The Kier molecular flexibility index (Phi) is 3.87. The van der Waals surface area contributed by atoms with Crippen LogP contribution in [0.4, 0.5) is 8.78 Å². The van der Waals surface area contributed by atoms with Crippen molar-refractivity contribution in [3.63, 3.8) is 0 Å². The highest BCUT2D eigenvalue weighted by Gasteiger charge is 2.32. The van der Waals surface area contributed by atoms with Gasteiger partial charge in [-0.25, -0.2) is 8.78 Å². The lowest BCUT2D eigenvalue weighted by atomic mass is 10.0. The van der Waals surface area contributed by atoms with Crippen LogP contribution in [0.1, 0.15) is 16.8 Å². The van der Waals surface area contributed by atoms with Crippen LogP contribution >= 0.6 is 11.8 Å². The van der Waals surface area contributed by atoms with Gasteiger partial charge in [-0.3, -0.25) is 4.79 Å². The van der Waals surface area contributed by atoms with E-state index in [1.54, 1.807) is 11.8 Å². The topological polar surface area (TPSA) is 49.3 Å². The molecule has 0 aliphatic carbocycles. The minimum absolute atomic E-state index is 0.0817. The van der Waals surface area contributed by atoms with E-state index in [1.165, 1.54) is 0 Å². The molecule has 1 saturated heterocycles. The zero-order valence-electron chi connectivity index (χ0n) is 9.58. The number of rotatable bonds is 3. The summed E-state index contributed by atoms with van der Waals surface area (Å²) in [5.41, 5.74) is -0.992. The average Bonchev–Trinajstić information content (AvgIpc) is 2.72. The third-order valence-electron chi connectivity index (χ3n) is 2.79. The number of halogens is 2. The Morgan fingerprint density at radius 1 is 1.39 bits per heavy atom. The standard InChI is InChI=1S/C12H13F2NO2S/c13-9-3-8(4-10(14)5-9)11(16)15-6-12(17)1-2-18-7-12/h3-5,17H,1-2,6-7H2,(H,15,16). The number of hydrogen-bond acceptors (Lipinski definition) is 3. The van der Waals surface area contributed by atoms with Gasteiger partial charge in [-0.05, 0) is 24.3 Å². The third kappa shape index (κ3) is 3.20. The molecule has 1 heterocycles. The predicted molar refractivity (Wildman–Crippen MR) is 65.6 cm³/mol. The van der Waals surface area contributed by atoms with E-state index in [-0.39, 0.29) is 12.1 Å². The van der Waals surface area contributed by atoms with Gasteiger partial charge >= 0.3 is 0 Å². The van der Waals surface area contributed by atoms with Crippen molar-refractivity contribution in [3.05, 3.63) is 35.4 Å². The van der Waals surface area contributed by atoms with Crippen molar-refractivity contribution in [1.82, 2.24) is 5.32 Å². The molecule has 1 amide bonds. The maximum atomic E-state index is 12.9. The van der Waals surface area contributed by atoms with Gasteiger partial charge in [0.25, 0.3) is 5.91 Å². The molecule has 0 bridgehead atoms. The minimum Gasteiger partial charge on any atom is -0.387 e. The number of nitrogens with one attached hydrogen (secondary N) is 1. The molecule has 1 aromatic rings. The maximum Gasteiger partial charge on any atom is 0.251 e. The Morgan fingerprint density at radius 3 is 2.61 bits per heavy atom. The van der Waals surface area contributed by atoms with Crippen molar-refractivity contribution >= 4 is 17.7 Å². The molecule has 1 aromatic carbocycles. The molecule has 0 spiro atoms. The second-order valence-electron chi connectivity index (χ2n) is 4.37. The van der Waals surface area contributed by atoms with Crippen LogP contribution in [-0.4, -0.2) is 34.7 Å². The number of benzene rings is 1. The van der Waals surface area contributed by atoms with Crippen molar-refractivity contribution in [1.29, 1.82) is 0 Å². The lowest BCUT2D eigenvalue weighted by molar-refractivity contribution is 0.0612. The van der Waals surface area contributed by atoms with Gasteiger partial charge in [0.1, 0.15) is 11.6 Å². The summed E-state index contributed by atoms with van der Waals surface area (Å²) in [5, 5.41) is 12.5. The van der Waals surface area contributed by atoms with Crippen LogP contribution in [-0.2, 0) is 0 Å². The summed E-state index contributed by atoms with van der Waals surface area (Å²) in [5.74, 6) is -0.768. The van der Waals surface area contributed by atoms with Gasteiger partial charge in [0, 0.05) is 23.9 Å². The van der Waals surface area contributed by atoms with E-state index < -0.39 is 23.1 Å². The van der Waals surface area contributed by atoms with Gasteiger partial charge in [0.05, 0.1) is 5.60 Å². The highest BCUT2D eigenvalue weighted by atomic mass is 32.2. The fourth-order valence-electron chi connectivity index (χ4n) is 1.77. The lowest BCUT2D eigenvalue weighted by Crippen LogP contribution is -2.43. The van der Waals surface area contributed by atoms with Gasteiger partial charge in [-0.2, -0.15) is 11.8 Å². The van der Waals surface area contributed by atoms with E-state index in [9.17, 15) is 18.7 Å². The van der Waals surface area contributed by atoms with Crippen LogP contribution in [0, 0.1) is 11.6 Å². The molecule has 6 heteroatoms. The molecular weight excluding hydrogens is 260 g/mol. The van der Waals surface area contributed by atoms with Crippen molar-refractivity contribution in [3.8, 4) is 0 Å². The molecule has 98 valence electrons. The molecule has 0 saturated carbocycles. The van der Waals surface area contributed by atoms with E-state index in [4.69, 9.17) is 0 Å². The highest BCUT2D eigenvalue weighted by Crippen LogP contribution is 2.27. The molecular formula is C12H13F2NO2S. The summed E-state index contributed by atoms with van der Waals surface area (Å²) < 4.78 is 25.9. The lowest BCUT2D eigenvalue weighted by Gasteiger charge is -2.21. The molecule has 1 atom stereocenters. The molecule has 1 unspecified atom stereocenters. The van der Waals surface area contributed by atoms with Gasteiger partial charge in [-0.15, -0.1) is 0 Å². The first-order valence-corrected chi connectivity index (χ1v) is 6.68. The zero-order chi connectivity index (χ0) is 13.2. The molecule has 1 fully saturated rings. The second-order valence-corrected chi connectivity index (χ2v) is 5.47. The van der Waals surface area contributed by atoms with Gasteiger partial charge in [0.2, 0.25) is 0 Å². The fourth-order valence-corrected chi connectivity index (χ4v) is 3.06. The SMILES string of the molecule is O=C(NCC1(O)CCSC1)c1cc(F)cc(F)c1. The smallest absolute Gasteiger partial charge is 0.251 e. The first-order valence-electron chi connectivity index (χ1n) is 5.53. The van der Waals surface area contributed by atoms with Crippen molar-refractivity contribution < 1.29 is 18.7 Å². The number of aliphatic hydroxyl groups is 1. The van der Waals surface area contributed by atoms with Crippen LogP contribution in [0.25, 0.3) is 0 Å². The Morgan fingerprint density at radius 2 is 2.06 bits per heavy atom. The van der Waals surface area contributed by atoms with Crippen LogP contribution < -0.4 is 5.32 Å². The molecule has 0 aromatic heterocycles. The fraction of sp³-hybridized carbons (Fsp3) is 0.417. The Balaban J connectivity index is 1.99. The van der Waals surface area contributed by atoms with Gasteiger partial charge in [0.15, 0.2) is 0 Å². The summed E-state index contributed by atoms with van der Waals surface area (Å²) in [4.78, 5) is 11.7. The van der Waals surface area contributed by atoms with Crippen molar-refractivity contribution in [2.75, 3.05) is 18.1 Å². The number of amides is 1. The highest BCUT2D eigenvalue weighted by molar-refractivity contribution is 7.99. The van der Waals surface area contributed by atoms with E-state index in [2.05, 4.69) is 5.32 Å². The summed E-state index contributed by atoms with van der Waals surface area (Å²) in [7, 11) is 0.